The maximum Gasteiger partial charge on any atom is 0.224 e. The number of hydrogen-bond donors (Lipinski definition) is 2. The molecule has 3 nitrogen and oxygen atoms in total. The number of carbonyl (C=O) groups is 1. The Morgan fingerprint density at radius 3 is 2.43 bits per heavy atom. The molecule has 2 N–H and O–H groups in total. The molecule has 0 bridgehead atoms. The molecule has 0 spiro atoms. The Kier molecular flexibility index (Phi) is 5.78. The predicted octanol–water partition coefficient (Wildman–Crippen LogP) is 2.60. The Hall–Kier alpha value is -1.84. The van der Waals surface area contributed by atoms with Crippen molar-refractivity contribution >= 4 is 17.5 Å². The first kappa shape index (κ1) is 15.5. The molecule has 0 unspecified atom stereocenters. The molecule has 110 valence electrons. The van der Waals surface area contributed by atoms with Crippen molar-refractivity contribution in [2.45, 2.75) is 18.9 Å². The smallest absolute Gasteiger partial charge is 0.224 e. The lowest BCUT2D eigenvalue weighted by Gasteiger charge is -2.16. The van der Waals surface area contributed by atoms with Crippen LogP contribution in [0.2, 0.25) is 5.02 Å². The predicted molar refractivity (Wildman–Crippen MR) is 84.3 cm³/mol. The van der Waals surface area contributed by atoms with Gasteiger partial charge in [0, 0.05) is 5.02 Å². The highest BCUT2D eigenvalue weighted by Gasteiger charge is 2.13. The van der Waals surface area contributed by atoms with E-state index < -0.39 is 0 Å². The second-order valence-corrected chi connectivity index (χ2v) is 5.31. The van der Waals surface area contributed by atoms with Gasteiger partial charge in [0.1, 0.15) is 0 Å². The van der Waals surface area contributed by atoms with E-state index in [0.29, 0.717) is 11.4 Å². The maximum atomic E-state index is 12.0. The highest BCUT2D eigenvalue weighted by atomic mass is 35.5. The van der Waals surface area contributed by atoms with Gasteiger partial charge in [0.2, 0.25) is 5.91 Å². The van der Waals surface area contributed by atoms with E-state index >= 15 is 0 Å². The zero-order valence-corrected chi connectivity index (χ0v) is 12.4. The lowest BCUT2D eigenvalue weighted by atomic mass is 10.1. The van der Waals surface area contributed by atoms with Crippen LogP contribution in [-0.4, -0.2) is 23.7 Å². The highest BCUT2D eigenvalue weighted by molar-refractivity contribution is 6.31. The lowest BCUT2D eigenvalue weighted by molar-refractivity contribution is -0.121. The lowest BCUT2D eigenvalue weighted by Crippen LogP contribution is -2.39. The van der Waals surface area contributed by atoms with Gasteiger partial charge in [-0.15, -0.1) is 0 Å². The van der Waals surface area contributed by atoms with Gasteiger partial charge in [0.15, 0.2) is 0 Å². The molecule has 0 heterocycles. The Morgan fingerprint density at radius 2 is 1.76 bits per heavy atom. The van der Waals surface area contributed by atoms with Gasteiger partial charge in [-0.1, -0.05) is 60.1 Å². The Morgan fingerprint density at radius 1 is 1.10 bits per heavy atom. The summed E-state index contributed by atoms with van der Waals surface area (Å²) in [5, 5.41) is 12.8. The normalized spacial score (nSPS) is 11.9. The fraction of sp³-hybridized carbons (Fsp3) is 0.235. The number of hydrogen-bond acceptors (Lipinski definition) is 2. The van der Waals surface area contributed by atoms with Gasteiger partial charge in [0.05, 0.1) is 19.1 Å². The fourth-order valence-corrected chi connectivity index (χ4v) is 2.36. The number of aliphatic hydroxyl groups is 1. The topological polar surface area (TPSA) is 49.3 Å². The van der Waals surface area contributed by atoms with Crippen molar-refractivity contribution in [2.75, 3.05) is 6.61 Å². The van der Waals surface area contributed by atoms with Gasteiger partial charge >= 0.3 is 0 Å². The van der Waals surface area contributed by atoms with Crippen molar-refractivity contribution in [1.29, 1.82) is 0 Å². The average molecular weight is 304 g/mol. The van der Waals surface area contributed by atoms with Crippen LogP contribution in [0.15, 0.2) is 54.6 Å². The van der Waals surface area contributed by atoms with Crippen LogP contribution in [0.4, 0.5) is 0 Å². The van der Waals surface area contributed by atoms with Crippen molar-refractivity contribution < 1.29 is 9.90 Å². The molecular formula is C17H18ClNO2. The van der Waals surface area contributed by atoms with Crippen molar-refractivity contribution in [1.82, 2.24) is 5.32 Å². The molecule has 1 atom stereocenters. The standard InChI is InChI=1S/C17H18ClNO2/c18-16-9-5-4-8-14(16)11-17(21)19-15(12-20)10-13-6-2-1-3-7-13/h1-9,15,20H,10-12H2,(H,19,21)/t15-/m0/s1. The zero-order chi connectivity index (χ0) is 15.1. The van der Waals surface area contributed by atoms with Crippen molar-refractivity contribution in [3.8, 4) is 0 Å². The van der Waals surface area contributed by atoms with Gasteiger partial charge in [-0.2, -0.15) is 0 Å². The minimum absolute atomic E-state index is 0.0941. The molecule has 0 aliphatic heterocycles. The van der Waals surface area contributed by atoms with Crippen molar-refractivity contribution in [3.63, 3.8) is 0 Å². The van der Waals surface area contributed by atoms with E-state index in [4.69, 9.17) is 11.6 Å². The first-order valence-electron chi connectivity index (χ1n) is 6.86. The van der Waals surface area contributed by atoms with Gasteiger partial charge in [-0.05, 0) is 23.6 Å². The Bertz CT molecular complexity index is 586. The summed E-state index contributed by atoms with van der Waals surface area (Å²) < 4.78 is 0. The van der Waals surface area contributed by atoms with Gasteiger partial charge in [-0.3, -0.25) is 4.79 Å². The van der Waals surface area contributed by atoms with Crippen LogP contribution in [0.5, 0.6) is 0 Å². The van der Waals surface area contributed by atoms with Crippen LogP contribution in [-0.2, 0) is 17.6 Å². The largest absolute Gasteiger partial charge is 0.394 e. The van der Waals surface area contributed by atoms with Crippen LogP contribution in [0.3, 0.4) is 0 Å². The summed E-state index contributed by atoms with van der Waals surface area (Å²) in [6.07, 6.45) is 0.816. The molecule has 2 rings (SSSR count). The summed E-state index contributed by atoms with van der Waals surface area (Å²) >= 11 is 6.04. The van der Waals surface area contributed by atoms with E-state index in [0.717, 1.165) is 11.1 Å². The molecule has 0 saturated carbocycles. The van der Waals surface area contributed by atoms with Crippen LogP contribution in [0, 0.1) is 0 Å². The number of halogens is 1. The minimum Gasteiger partial charge on any atom is -0.394 e. The van der Waals surface area contributed by atoms with Gasteiger partial charge in [0.25, 0.3) is 0 Å². The number of nitrogens with one attached hydrogen (secondary N) is 1. The molecule has 0 saturated heterocycles. The summed E-state index contributed by atoms with van der Waals surface area (Å²) in [5.74, 6) is -0.141. The van der Waals surface area contributed by atoms with E-state index in [1.54, 1.807) is 6.07 Å². The van der Waals surface area contributed by atoms with Crippen molar-refractivity contribution in [2.24, 2.45) is 0 Å². The quantitative estimate of drug-likeness (QED) is 0.862. The molecule has 0 radical (unpaired) electrons. The molecule has 2 aromatic rings. The zero-order valence-electron chi connectivity index (χ0n) is 11.6. The third kappa shape index (κ3) is 4.88. The number of carbonyl (C=O) groups excluding carboxylic acids is 1. The molecule has 0 aromatic heterocycles. The maximum absolute atomic E-state index is 12.0. The number of benzene rings is 2. The molecule has 0 aliphatic carbocycles. The van der Waals surface area contributed by atoms with Crippen LogP contribution < -0.4 is 5.32 Å². The number of amides is 1. The third-order valence-corrected chi connectivity index (χ3v) is 3.59. The SMILES string of the molecule is O=C(Cc1ccccc1Cl)N[C@H](CO)Cc1ccccc1. The average Bonchev–Trinajstić information content (AvgIpc) is 2.50. The van der Waals surface area contributed by atoms with Gasteiger partial charge in [-0.25, -0.2) is 0 Å². The summed E-state index contributed by atoms with van der Waals surface area (Å²) in [6, 6.07) is 16.7. The number of rotatable bonds is 6. The first-order valence-corrected chi connectivity index (χ1v) is 7.24. The second kappa shape index (κ2) is 7.81. The summed E-state index contributed by atoms with van der Waals surface area (Å²) in [6.45, 7) is -0.0941. The van der Waals surface area contributed by atoms with E-state index in [9.17, 15) is 9.90 Å². The number of aliphatic hydroxyl groups excluding tert-OH is 1. The van der Waals surface area contributed by atoms with E-state index in [2.05, 4.69) is 5.32 Å². The van der Waals surface area contributed by atoms with E-state index in [1.165, 1.54) is 0 Å². The van der Waals surface area contributed by atoms with E-state index in [1.807, 2.05) is 48.5 Å². The molecule has 1 amide bonds. The monoisotopic (exact) mass is 303 g/mol. The van der Waals surface area contributed by atoms with Crippen LogP contribution >= 0.6 is 11.6 Å². The molecule has 0 aliphatic rings. The molecule has 0 fully saturated rings. The molecule has 21 heavy (non-hydrogen) atoms. The van der Waals surface area contributed by atoms with Gasteiger partial charge < -0.3 is 10.4 Å². The molecule has 2 aromatic carbocycles. The molecule has 4 heteroatoms. The first-order chi connectivity index (χ1) is 10.2. The summed E-state index contributed by atoms with van der Waals surface area (Å²) in [4.78, 5) is 12.0. The van der Waals surface area contributed by atoms with Crippen molar-refractivity contribution in [3.05, 3.63) is 70.7 Å². The minimum atomic E-state index is -0.289. The third-order valence-electron chi connectivity index (χ3n) is 3.22. The Balaban J connectivity index is 1.92. The fourth-order valence-electron chi connectivity index (χ4n) is 2.15. The van der Waals surface area contributed by atoms with Crippen LogP contribution in [0.25, 0.3) is 0 Å². The summed E-state index contributed by atoms with van der Waals surface area (Å²) in [5.41, 5.74) is 1.86. The van der Waals surface area contributed by atoms with E-state index in [-0.39, 0.29) is 25.0 Å². The van der Waals surface area contributed by atoms with Crippen LogP contribution in [0.1, 0.15) is 11.1 Å². The second-order valence-electron chi connectivity index (χ2n) is 4.90. The Labute approximate surface area is 129 Å². The summed E-state index contributed by atoms with van der Waals surface area (Å²) in [7, 11) is 0. The highest BCUT2D eigenvalue weighted by Crippen LogP contribution is 2.15. The molecular weight excluding hydrogens is 286 g/mol.